The lowest BCUT2D eigenvalue weighted by Crippen LogP contribution is -2.33. The Bertz CT molecular complexity index is 1140. The quantitative estimate of drug-likeness (QED) is 0.387. The van der Waals surface area contributed by atoms with Crippen LogP contribution in [0.15, 0.2) is 71.6 Å². The molecule has 0 spiro atoms. The number of hydrogen-bond donors (Lipinski definition) is 2. The van der Waals surface area contributed by atoms with Gasteiger partial charge in [0.1, 0.15) is 35.7 Å². The van der Waals surface area contributed by atoms with Crippen molar-refractivity contribution in [3.63, 3.8) is 0 Å². The third kappa shape index (κ3) is 5.66. The van der Waals surface area contributed by atoms with Crippen molar-refractivity contribution < 1.29 is 19.7 Å². The molecule has 186 valence electrons. The normalized spacial score (nSPS) is 23.7. The number of benzene rings is 3. The topological polar surface area (TPSA) is 62.2 Å². The van der Waals surface area contributed by atoms with E-state index in [9.17, 15) is 10.2 Å². The molecule has 0 amide bonds. The standard InChI is InChI=1S/C28H31NO4S.ClH/c1-18-12-13-29(19(18)2)14-15-32-24-9-6-20(7-10-24)27-28(21-4-3-5-22(30)16-21)34-26-17-23(31)8-11-25(26)33-27;/h3-11,16-19,27-28,30-31H,12-15H2,1-2H3;1H/t18-,19+,27+,28-;/m1./s1. The van der Waals surface area contributed by atoms with Crippen LogP contribution in [0.4, 0.5) is 0 Å². The van der Waals surface area contributed by atoms with E-state index in [2.05, 4.69) is 30.9 Å². The van der Waals surface area contributed by atoms with E-state index in [1.54, 1.807) is 42.1 Å². The first-order valence-corrected chi connectivity index (χ1v) is 12.8. The Morgan fingerprint density at radius 3 is 2.46 bits per heavy atom. The second-order valence-corrected chi connectivity index (χ2v) is 10.4. The van der Waals surface area contributed by atoms with Gasteiger partial charge in [0, 0.05) is 12.6 Å². The zero-order chi connectivity index (χ0) is 23.7. The summed E-state index contributed by atoms with van der Waals surface area (Å²) in [5.74, 6) is 2.79. The number of phenols is 2. The minimum absolute atomic E-state index is 0. The van der Waals surface area contributed by atoms with Gasteiger partial charge in [-0.05, 0) is 79.4 Å². The van der Waals surface area contributed by atoms with Gasteiger partial charge in [-0.3, -0.25) is 4.90 Å². The molecule has 0 radical (unpaired) electrons. The maximum atomic E-state index is 10.1. The molecule has 5 rings (SSSR count). The summed E-state index contributed by atoms with van der Waals surface area (Å²) in [6.07, 6.45) is 1.02. The molecule has 0 aromatic heterocycles. The number of halogens is 1. The molecule has 2 N–H and O–H groups in total. The van der Waals surface area contributed by atoms with Gasteiger partial charge in [-0.2, -0.15) is 0 Å². The fourth-order valence-corrected chi connectivity index (χ4v) is 6.11. The number of phenolic OH excluding ortho intramolecular Hbond substituents is 2. The lowest BCUT2D eigenvalue weighted by atomic mass is 10.00. The fourth-order valence-electron chi connectivity index (χ4n) is 4.79. The number of thioether (sulfide) groups is 1. The van der Waals surface area contributed by atoms with Crippen molar-refractivity contribution in [2.75, 3.05) is 19.7 Å². The summed E-state index contributed by atoms with van der Waals surface area (Å²) < 4.78 is 12.5. The first-order valence-electron chi connectivity index (χ1n) is 11.9. The monoisotopic (exact) mass is 513 g/mol. The van der Waals surface area contributed by atoms with E-state index in [0.717, 1.165) is 46.5 Å². The van der Waals surface area contributed by atoms with E-state index < -0.39 is 0 Å². The molecule has 0 saturated carbocycles. The largest absolute Gasteiger partial charge is 0.508 e. The highest BCUT2D eigenvalue weighted by Gasteiger charge is 2.34. The second kappa shape index (κ2) is 11.0. The highest BCUT2D eigenvalue weighted by Crippen LogP contribution is 2.54. The van der Waals surface area contributed by atoms with Gasteiger partial charge in [-0.25, -0.2) is 0 Å². The molecule has 0 bridgehead atoms. The van der Waals surface area contributed by atoms with Crippen molar-refractivity contribution in [3.8, 4) is 23.0 Å². The summed E-state index contributed by atoms with van der Waals surface area (Å²) >= 11 is 1.64. The molecule has 1 saturated heterocycles. The molecule has 2 heterocycles. The fraction of sp³-hybridized carbons (Fsp3) is 0.357. The summed E-state index contributed by atoms with van der Waals surface area (Å²) in [5.41, 5.74) is 2.01. The third-order valence-electron chi connectivity index (χ3n) is 7.04. The van der Waals surface area contributed by atoms with Crippen LogP contribution in [0, 0.1) is 5.92 Å². The van der Waals surface area contributed by atoms with Crippen molar-refractivity contribution in [2.45, 2.75) is 42.6 Å². The van der Waals surface area contributed by atoms with Crippen molar-refractivity contribution in [3.05, 3.63) is 77.9 Å². The van der Waals surface area contributed by atoms with E-state index >= 15 is 0 Å². The highest BCUT2D eigenvalue weighted by molar-refractivity contribution is 7.99. The third-order valence-corrected chi connectivity index (χ3v) is 8.38. The molecular formula is C28H32ClNO4S. The zero-order valence-electron chi connectivity index (χ0n) is 20.0. The van der Waals surface area contributed by atoms with E-state index in [4.69, 9.17) is 9.47 Å². The Balaban J connectivity index is 0.00000289. The summed E-state index contributed by atoms with van der Waals surface area (Å²) in [5, 5.41) is 19.9. The molecule has 3 aromatic carbocycles. The van der Waals surface area contributed by atoms with Crippen LogP contribution in [0.3, 0.4) is 0 Å². The Labute approximate surface area is 217 Å². The van der Waals surface area contributed by atoms with Crippen molar-refractivity contribution in [2.24, 2.45) is 5.92 Å². The smallest absolute Gasteiger partial charge is 0.140 e. The average Bonchev–Trinajstić information content (AvgIpc) is 3.16. The van der Waals surface area contributed by atoms with Gasteiger partial charge in [-0.1, -0.05) is 31.2 Å². The molecule has 3 aromatic rings. The number of rotatable bonds is 6. The first-order chi connectivity index (χ1) is 16.5. The lowest BCUT2D eigenvalue weighted by molar-refractivity contribution is 0.189. The number of nitrogens with zero attached hydrogens (tertiary/aromatic N) is 1. The Kier molecular flexibility index (Phi) is 8.05. The molecule has 4 atom stereocenters. The maximum absolute atomic E-state index is 10.1. The number of likely N-dealkylation sites (tertiary alicyclic amines) is 1. The number of hydrogen-bond acceptors (Lipinski definition) is 6. The number of fused-ring (bicyclic) bond motifs is 1. The van der Waals surface area contributed by atoms with E-state index in [-0.39, 0.29) is 35.3 Å². The van der Waals surface area contributed by atoms with Crippen LogP contribution in [-0.4, -0.2) is 40.9 Å². The SMILES string of the molecule is C[C@@H]1CCN(CCOc2ccc([C@@H]3Oc4ccc(O)cc4S[C@@H]3c3cccc(O)c3)cc2)[C@H]1C.Cl. The summed E-state index contributed by atoms with van der Waals surface area (Å²) in [7, 11) is 0. The van der Waals surface area contributed by atoms with Gasteiger partial charge in [-0.15, -0.1) is 24.2 Å². The molecule has 7 heteroatoms. The molecule has 2 aliphatic rings. The Morgan fingerprint density at radius 1 is 0.971 bits per heavy atom. The van der Waals surface area contributed by atoms with Crippen LogP contribution in [0.5, 0.6) is 23.0 Å². The van der Waals surface area contributed by atoms with Gasteiger partial charge < -0.3 is 19.7 Å². The molecule has 0 aliphatic carbocycles. The molecule has 1 fully saturated rings. The predicted octanol–water partition coefficient (Wildman–Crippen LogP) is 6.60. The zero-order valence-corrected chi connectivity index (χ0v) is 21.6. The van der Waals surface area contributed by atoms with Crippen LogP contribution in [0.2, 0.25) is 0 Å². The van der Waals surface area contributed by atoms with Crippen molar-refractivity contribution in [1.82, 2.24) is 4.90 Å². The molecule has 35 heavy (non-hydrogen) atoms. The van der Waals surface area contributed by atoms with Crippen molar-refractivity contribution in [1.29, 1.82) is 0 Å². The minimum Gasteiger partial charge on any atom is -0.508 e. The van der Waals surface area contributed by atoms with Crippen molar-refractivity contribution >= 4 is 24.2 Å². The number of aromatic hydroxyl groups is 2. The van der Waals surface area contributed by atoms with Gasteiger partial charge in [0.05, 0.1) is 10.1 Å². The van der Waals surface area contributed by atoms with Gasteiger partial charge >= 0.3 is 0 Å². The summed E-state index contributed by atoms with van der Waals surface area (Å²) in [4.78, 5) is 3.39. The first kappa shape index (κ1) is 25.5. The van der Waals surface area contributed by atoms with Gasteiger partial charge in [0.25, 0.3) is 0 Å². The van der Waals surface area contributed by atoms with E-state index in [1.807, 2.05) is 24.3 Å². The van der Waals surface area contributed by atoms with Crippen LogP contribution in [-0.2, 0) is 0 Å². The predicted molar refractivity (Wildman–Crippen MR) is 142 cm³/mol. The van der Waals surface area contributed by atoms with Gasteiger partial charge in [0.15, 0.2) is 0 Å². The minimum atomic E-state index is -0.246. The highest BCUT2D eigenvalue weighted by atomic mass is 35.5. The summed E-state index contributed by atoms with van der Waals surface area (Å²) in [6.45, 7) is 7.39. The Hall–Kier alpha value is -2.54. The lowest BCUT2D eigenvalue weighted by Gasteiger charge is -2.34. The molecule has 0 unspecified atom stereocenters. The second-order valence-electron chi connectivity index (χ2n) is 9.26. The van der Waals surface area contributed by atoms with Crippen LogP contribution in [0.25, 0.3) is 0 Å². The summed E-state index contributed by atoms with van der Waals surface area (Å²) in [6, 6.07) is 21.2. The molecule has 5 nitrogen and oxygen atoms in total. The average molecular weight is 514 g/mol. The van der Waals surface area contributed by atoms with Crippen LogP contribution >= 0.6 is 24.2 Å². The maximum Gasteiger partial charge on any atom is 0.140 e. The molecular weight excluding hydrogens is 482 g/mol. The number of ether oxygens (including phenoxy) is 2. The van der Waals surface area contributed by atoms with E-state index in [0.29, 0.717) is 12.6 Å². The van der Waals surface area contributed by atoms with Gasteiger partial charge in [0.2, 0.25) is 0 Å². The van der Waals surface area contributed by atoms with Crippen LogP contribution < -0.4 is 9.47 Å². The van der Waals surface area contributed by atoms with Crippen LogP contribution in [0.1, 0.15) is 42.7 Å². The Morgan fingerprint density at radius 2 is 1.74 bits per heavy atom. The molecule has 2 aliphatic heterocycles. The van der Waals surface area contributed by atoms with E-state index in [1.165, 1.54) is 6.42 Å².